The molecular formula is C17H36. The van der Waals surface area contributed by atoms with Crippen molar-refractivity contribution in [2.45, 2.75) is 81.1 Å². The van der Waals surface area contributed by atoms with Crippen LogP contribution in [0.25, 0.3) is 0 Å². The molecule has 0 spiro atoms. The van der Waals surface area contributed by atoms with Crippen molar-refractivity contribution in [3.05, 3.63) is 0 Å². The summed E-state index contributed by atoms with van der Waals surface area (Å²) in [4.78, 5) is 0. The van der Waals surface area contributed by atoms with Crippen LogP contribution in [-0.2, 0) is 0 Å². The summed E-state index contributed by atoms with van der Waals surface area (Å²) in [6.07, 6.45) is 5.38. The lowest BCUT2D eigenvalue weighted by Crippen LogP contribution is -2.35. The highest BCUT2D eigenvalue weighted by atomic mass is 14.4. The third-order valence-electron chi connectivity index (χ3n) is 5.52. The highest BCUT2D eigenvalue weighted by molar-refractivity contribution is 4.87. The van der Waals surface area contributed by atoms with Crippen LogP contribution in [-0.4, -0.2) is 0 Å². The van der Waals surface area contributed by atoms with Crippen LogP contribution in [0.15, 0.2) is 0 Å². The Hall–Kier alpha value is 0. The Morgan fingerprint density at radius 3 is 1.59 bits per heavy atom. The molecule has 3 atom stereocenters. The molecule has 0 bridgehead atoms. The Balaban J connectivity index is 4.91. The van der Waals surface area contributed by atoms with E-state index in [-0.39, 0.29) is 0 Å². The monoisotopic (exact) mass is 240 g/mol. The molecule has 0 aromatic carbocycles. The van der Waals surface area contributed by atoms with Gasteiger partial charge in [-0.15, -0.1) is 0 Å². The van der Waals surface area contributed by atoms with E-state index >= 15 is 0 Å². The van der Waals surface area contributed by atoms with Gasteiger partial charge in [0, 0.05) is 0 Å². The van der Waals surface area contributed by atoms with Crippen molar-refractivity contribution in [2.24, 2.45) is 29.1 Å². The maximum Gasteiger partial charge on any atom is -0.0272 e. The van der Waals surface area contributed by atoms with Gasteiger partial charge in [0.05, 0.1) is 0 Å². The first-order valence-electron chi connectivity index (χ1n) is 7.84. The Bertz CT molecular complexity index is 188. The minimum absolute atomic E-state index is 0.566. The highest BCUT2D eigenvalue weighted by Crippen LogP contribution is 2.46. The molecule has 0 saturated heterocycles. The first kappa shape index (κ1) is 17.0. The summed E-state index contributed by atoms with van der Waals surface area (Å²) in [5.41, 5.74) is 0.566. The average molecular weight is 240 g/mol. The fraction of sp³-hybridized carbons (Fsp3) is 1.00. The van der Waals surface area contributed by atoms with Crippen molar-refractivity contribution in [1.29, 1.82) is 0 Å². The van der Waals surface area contributed by atoms with Gasteiger partial charge in [0.25, 0.3) is 0 Å². The molecule has 0 rings (SSSR count). The molecular weight excluding hydrogens is 204 g/mol. The molecule has 3 unspecified atom stereocenters. The topological polar surface area (TPSA) is 0 Å². The molecule has 0 saturated carbocycles. The van der Waals surface area contributed by atoms with Crippen molar-refractivity contribution in [1.82, 2.24) is 0 Å². The van der Waals surface area contributed by atoms with Crippen LogP contribution in [0.3, 0.4) is 0 Å². The van der Waals surface area contributed by atoms with E-state index in [1.54, 1.807) is 0 Å². The largest absolute Gasteiger partial charge is 0.0651 e. The molecule has 0 heterocycles. The lowest BCUT2D eigenvalue weighted by atomic mass is 9.61. The fourth-order valence-electron chi connectivity index (χ4n) is 3.60. The van der Waals surface area contributed by atoms with E-state index in [1.807, 2.05) is 0 Å². The standard InChI is InChI=1S/C17H36/c1-9-14(6)15(7)16(8)17(10-2,11-3)12-13(4)5/h13-16H,9-12H2,1-8H3. The van der Waals surface area contributed by atoms with Crippen molar-refractivity contribution in [3.8, 4) is 0 Å². The van der Waals surface area contributed by atoms with Gasteiger partial charge in [0.2, 0.25) is 0 Å². The molecule has 0 aliphatic carbocycles. The van der Waals surface area contributed by atoms with Crippen molar-refractivity contribution < 1.29 is 0 Å². The number of hydrogen-bond acceptors (Lipinski definition) is 0. The normalized spacial score (nSPS) is 18.2. The quantitative estimate of drug-likeness (QED) is 0.477. The zero-order chi connectivity index (χ0) is 13.6. The van der Waals surface area contributed by atoms with Gasteiger partial charge >= 0.3 is 0 Å². The summed E-state index contributed by atoms with van der Waals surface area (Å²) in [6, 6.07) is 0. The summed E-state index contributed by atoms with van der Waals surface area (Å²) in [7, 11) is 0. The Morgan fingerprint density at radius 1 is 0.824 bits per heavy atom. The summed E-state index contributed by atoms with van der Waals surface area (Å²) < 4.78 is 0. The Morgan fingerprint density at radius 2 is 1.29 bits per heavy atom. The molecule has 0 aliphatic heterocycles. The van der Waals surface area contributed by atoms with Gasteiger partial charge in [0.15, 0.2) is 0 Å². The highest BCUT2D eigenvalue weighted by Gasteiger charge is 2.37. The van der Waals surface area contributed by atoms with Gasteiger partial charge < -0.3 is 0 Å². The first-order valence-corrected chi connectivity index (χ1v) is 7.84. The van der Waals surface area contributed by atoms with Crippen LogP contribution in [0.4, 0.5) is 0 Å². The predicted molar refractivity (Wildman–Crippen MR) is 80.3 cm³/mol. The van der Waals surface area contributed by atoms with Gasteiger partial charge in [-0.25, -0.2) is 0 Å². The Labute approximate surface area is 111 Å². The molecule has 0 N–H and O–H groups in total. The van der Waals surface area contributed by atoms with Gasteiger partial charge in [0.1, 0.15) is 0 Å². The maximum atomic E-state index is 2.51. The van der Waals surface area contributed by atoms with Gasteiger partial charge in [-0.2, -0.15) is 0 Å². The van der Waals surface area contributed by atoms with Crippen molar-refractivity contribution in [3.63, 3.8) is 0 Å². The molecule has 0 aromatic heterocycles. The molecule has 0 nitrogen and oxygen atoms in total. The van der Waals surface area contributed by atoms with Crippen molar-refractivity contribution >= 4 is 0 Å². The zero-order valence-electron chi connectivity index (χ0n) is 13.6. The third-order valence-corrected chi connectivity index (χ3v) is 5.52. The minimum atomic E-state index is 0.566. The second-order valence-corrected chi connectivity index (χ2v) is 6.70. The Kier molecular flexibility index (Phi) is 7.44. The predicted octanol–water partition coefficient (Wildman–Crippen LogP) is 6.16. The average Bonchev–Trinajstić information content (AvgIpc) is 2.32. The van der Waals surface area contributed by atoms with Crippen LogP contribution >= 0.6 is 0 Å². The van der Waals surface area contributed by atoms with Crippen LogP contribution < -0.4 is 0 Å². The molecule has 0 aliphatic rings. The van der Waals surface area contributed by atoms with Gasteiger partial charge in [-0.3, -0.25) is 0 Å². The van der Waals surface area contributed by atoms with Crippen LogP contribution in [0.1, 0.15) is 81.1 Å². The van der Waals surface area contributed by atoms with E-state index in [4.69, 9.17) is 0 Å². The molecule has 0 amide bonds. The zero-order valence-corrected chi connectivity index (χ0v) is 13.6. The number of hydrogen-bond donors (Lipinski definition) is 0. The molecule has 17 heavy (non-hydrogen) atoms. The summed E-state index contributed by atoms with van der Waals surface area (Å²) in [5, 5.41) is 0. The van der Waals surface area contributed by atoms with Crippen molar-refractivity contribution in [2.75, 3.05) is 0 Å². The summed E-state index contributed by atoms with van der Waals surface area (Å²) in [6.45, 7) is 19.3. The minimum Gasteiger partial charge on any atom is -0.0651 e. The lowest BCUT2D eigenvalue weighted by Gasteiger charge is -2.44. The van der Waals surface area contributed by atoms with Crippen LogP contribution in [0.5, 0.6) is 0 Å². The molecule has 104 valence electrons. The van der Waals surface area contributed by atoms with E-state index in [9.17, 15) is 0 Å². The summed E-state index contributed by atoms with van der Waals surface area (Å²) in [5.74, 6) is 3.37. The van der Waals surface area contributed by atoms with Crippen LogP contribution in [0, 0.1) is 29.1 Å². The van der Waals surface area contributed by atoms with Gasteiger partial charge in [-0.1, -0.05) is 74.7 Å². The van der Waals surface area contributed by atoms with E-state index in [0.29, 0.717) is 5.41 Å². The van der Waals surface area contributed by atoms with Gasteiger partial charge in [-0.05, 0) is 35.5 Å². The van der Waals surface area contributed by atoms with Crippen LogP contribution in [0.2, 0.25) is 0 Å². The van der Waals surface area contributed by atoms with E-state index in [0.717, 1.165) is 23.7 Å². The number of rotatable bonds is 8. The molecule has 0 heteroatoms. The second-order valence-electron chi connectivity index (χ2n) is 6.70. The first-order chi connectivity index (χ1) is 7.84. The molecule has 0 radical (unpaired) electrons. The lowest BCUT2D eigenvalue weighted by molar-refractivity contribution is 0.0587. The maximum absolute atomic E-state index is 2.51. The second kappa shape index (κ2) is 7.44. The summed E-state index contributed by atoms with van der Waals surface area (Å²) >= 11 is 0. The SMILES string of the molecule is CCC(C)C(C)C(C)C(CC)(CC)CC(C)C. The third kappa shape index (κ3) is 4.30. The fourth-order valence-corrected chi connectivity index (χ4v) is 3.60. The molecule has 0 aromatic rings. The van der Waals surface area contributed by atoms with E-state index in [1.165, 1.54) is 25.7 Å². The van der Waals surface area contributed by atoms with E-state index in [2.05, 4.69) is 55.4 Å². The molecule has 0 fully saturated rings. The smallest absolute Gasteiger partial charge is 0.0272 e. The van der Waals surface area contributed by atoms with E-state index < -0.39 is 0 Å².